The predicted molar refractivity (Wildman–Crippen MR) is 83.8 cm³/mol. The Morgan fingerprint density at radius 1 is 1.37 bits per heavy atom. The number of hydrogen-bond donors (Lipinski definition) is 1. The van der Waals surface area contributed by atoms with Gasteiger partial charge in [-0.1, -0.05) is 40.5 Å². The molecule has 2 rings (SSSR count). The molecule has 0 aliphatic heterocycles. The maximum atomic E-state index is 6.37. The van der Waals surface area contributed by atoms with Gasteiger partial charge in [0.05, 0.1) is 23.0 Å². The molecular formula is C14H17BrClN3. The summed E-state index contributed by atoms with van der Waals surface area (Å²) in [6, 6.07) is 8.08. The lowest BCUT2D eigenvalue weighted by atomic mass is 10.3. The summed E-state index contributed by atoms with van der Waals surface area (Å²) in [6.07, 6.45) is 0.857. The molecule has 3 nitrogen and oxygen atoms in total. The van der Waals surface area contributed by atoms with E-state index in [0.29, 0.717) is 6.54 Å². The number of anilines is 1. The predicted octanol–water partition coefficient (Wildman–Crippen LogP) is 4.49. The quantitative estimate of drug-likeness (QED) is 0.867. The molecule has 0 aliphatic rings. The van der Waals surface area contributed by atoms with Crippen LogP contribution in [0, 0.1) is 0 Å². The Morgan fingerprint density at radius 3 is 2.79 bits per heavy atom. The van der Waals surface area contributed by atoms with Gasteiger partial charge in [-0.3, -0.25) is 4.68 Å². The molecule has 0 radical (unpaired) electrons. The Bertz CT molecular complexity index is 566. The molecule has 5 heteroatoms. The van der Waals surface area contributed by atoms with Gasteiger partial charge in [0.15, 0.2) is 0 Å². The van der Waals surface area contributed by atoms with Crippen molar-refractivity contribution in [3.63, 3.8) is 0 Å². The molecule has 0 spiro atoms. The summed E-state index contributed by atoms with van der Waals surface area (Å²) in [6.45, 7) is 5.65. The molecule has 1 heterocycles. The highest BCUT2D eigenvalue weighted by atomic mass is 79.9. The number of benzene rings is 1. The number of hydrogen-bond acceptors (Lipinski definition) is 2. The zero-order chi connectivity index (χ0) is 13.8. The number of rotatable bonds is 5. The lowest BCUT2D eigenvalue weighted by Gasteiger charge is -2.09. The first-order valence-electron chi connectivity index (χ1n) is 6.39. The van der Waals surface area contributed by atoms with E-state index in [2.05, 4.69) is 40.2 Å². The van der Waals surface area contributed by atoms with E-state index < -0.39 is 0 Å². The van der Waals surface area contributed by atoms with Crippen molar-refractivity contribution in [2.45, 2.75) is 33.4 Å². The smallest absolute Gasteiger partial charge is 0.0868 e. The zero-order valence-corrected chi connectivity index (χ0v) is 13.4. The standard InChI is InChI=1S/C14H17BrClN3/c1-3-12-14(16)13(19(4-2)18-12)9-17-11-7-5-6-10(15)8-11/h5-8,17H,3-4,9H2,1-2H3. The maximum absolute atomic E-state index is 6.37. The van der Waals surface area contributed by atoms with Crippen molar-refractivity contribution in [2.75, 3.05) is 5.32 Å². The fourth-order valence-electron chi connectivity index (χ4n) is 1.97. The number of aryl methyl sites for hydroxylation is 2. The Balaban J connectivity index is 2.17. The van der Waals surface area contributed by atoms with E-state index >= 15 is 0 Å². The minimum absolute atomic E-state index is 0.677. The van der Waals surface area contributed by atoms with Gasteiger partial charge in [0.25, 0.3) is 0 Å². The lowest BCUT2D eigenvalue weighted by molar-refractivity contribution is 0.619. The van der Waals surface area contributed by atoms with Crippen LogP contribution in [0.3, 0.4) is 0 Å². The monoisotopic (exact) mass is 341 g/mol. The Morgan fingerprint density at radius 2 is 2.16 bits per heavy atom. The molecule has 0 saturated heterocycles. The van der Waals surface area contributed by atoms with Gasteiger partial charge in [0.1, 0.15) is 0 Å². The average molecular weight is 343 g/mol. The molecule has 1 aromatic heterocycles. The van der Waals surface area contributed by atoms with Crippen LogP contribution in [-0.4, -0.2) is 9.78 Å². The van der Waals surface area contributed by atoms with E-state index in [1.807, 2.05) is 28.9 Å². The highest BCUT2D eigenvalue weighted by Gasteiger charge is 2.13. The van der Waals surface area contributed by atoms with Gasteiger partial charge < -0.3 is 5.32 Å². The van der Waals surface area contributed by atoms with Crippen molar-refractivity contribution in [3.8, 4) is 0 Å². The molecule has 102 valence electrons. The molecule has 0 aliphatic carbocycles. The van der Waals surface area contributed by atoms with Gasteiger partial charge in [0.2, 0.25) is 0 Å². The van der Waals surface area contributed by atoms with Crippen LogP contribution in [0.1, 0.15) is 25.2 Å². The summed E-state index contributed by atoms with van der Waals surface area (Å²) in [4.78, 5) is 0. The highest BCUT2D eigenvalue weighted by Crippen LogP contribution is 2.23. The number of nitrogens with zero attached hydrogens (tertiary/aromatic N) is 2. The molecule has 0 saturated carbocycles. The first-order chi connectivity index (χ1) is 9.15. The van der Waals surface area contributed by atoms with Crippen LogP contribution < -0.4 is 5.32 Å². The van der Waals surface area contributed by atoms with Gasteiger partial charge in [-0.2, -0.15) is 5.10 Å². The Kier molecular flexibility index (Phi) is 4.88. The topological polar surface area (TPSA) is 29.9 Å². The summed E-state index contributed by atoms with van der Waals surface area (Å²) in [5.41, 5.74) is 3.07. The number of aromatic nitrogens is 2. The SMILES string of the molecule is CCc1nn(CC)c(CNc2cccc(Br)c2)c1Cl. The van der Waals surface area contributed by atoms with Crippen LogP contribution in [0.15, 0.2) is 28.7 Å². The minimum atomic E-state index is 0.677. The van der Waals surface area contributed by atoms with Gasteiger partial charge in [-0.15, -0.1) is 0 Å². The van der Waals surface area contributed by atoms with E-state index in [9.17, 15) is 0 Å². The van der Waals surface area contributed by atoms with Crippen molar-refractivity contribution in [1.29, 1.82) is 0 Å². The normalized spacial score (nSPS) is 10.7. The van der Waals surface area contributed by atoms with Crippen LogP contribution in [0.5, 0.6) is 0 Å². The van der Waals surface area contributed by atoms with Gasteiger partial charge in [0, 0.05) is 16.7 Å². The van der Waals surface area contributed by atoms with E-state index in [1.54, 1.807) is 0 Å². The molecular weight excluding hydrogens is 326 g/mol. The van der Waals surface area contributed by atoms with E-state index in [1.165, 1.54) is 0 Å². The molecule has 1 aromatic carbocycles. The minimum Gasteiger partial charge on any atom is -0.379 e. The van der Waals surface area contributed by atoms with Crippen LogP contribution in [-0.2, 0) is 19.5 Å². The molecule has 1 N–H and O–H groups in total. The molecule has 2 aromatic rings. The van der Waals surface area contributed by atoms with Crippen LogP contribution in [0.4, 0.5) is 5.69 Å². The van der Waals surface area contributed by atoms with Crippen LogP contribution >= 0.6 is 27.5 Å². The summed E-state index contributed by atoms with van der Waals surface area (Å²) in [5, 5.41) is 8.68. The molecule has 0 unspecified atom stereocenters. The van der Waals surface area contributed by atoms with Crippen molar-refractivity contribution in [2.24, 2.45) is 0 Å². The highest BCUT2D eigenvalue weighted by molar-refractivity contribution is 9.10. The van der Waals surface area contributed by atoms with Gasteiger partial charge in [-0.25, -0.2) is 0 Å². The third-order valence-electron chi connectivity index (χ3n) is 2.98. The summed E-state index contributed by atoms with van der Waals surface area (Å²) >= 11 is 9.84. The molecule has 0 amide bonds. The maximum Gasteiger partial charge on any atom is 0.0868 e. The second kappa shape index (κ2) is 6.44. The second-order valence-electron chi connectivity index (χ2n) is 4.24. The summed E-state index contributed by atoms with van der Waals surface area (Å²) < 4.78 is 3.02. The largest absolute Gasteiger partial charge is 0.379 e. The van der Waals surface area contributed by atoms with E-state index in [4.69, 9.17) is 11.6 Å². The van der Waals surface area contributed by atoms with E-state index in [-0.39, 0.29) is 0 Å². The summed E-state index contributed by atoms with van der Waals surface area (Å²) in [7, 11) is 0. The van der Waals surface area contributed by atoms with E-state index in [0.717, 1.165) is 39.5 Å². The first-order valence-corrected chi connectivity index (χ1v) is 7.56. The van der Waals surface area contributed by atoms with Gasteiger partial charge >= 0.3 is 0 Å². The number of halogens is 2. The molecule has 0 atom stereocenters. The molecule has 0 bridgehead atoms. The molecule has 19 heavy (non-hydrogen) atoms. The third kappa shape index (κ3) is 3.31. The zero-order valence-electron chi connectivity index (χ0n) is 11.1. The Hall–Kier alpha value is -1.000. The van der Waals surface area contributed by atoms with Crippen molar-refractivity contribution < 1.29 is 0 Å². The lowest BCUT2D eigenvalue weighted by Crippen LogP contribution is -2.08. The van der Waals surface area contributed by atoms with Crippen LogP contribution in [0.25, 0.3) is 0 Å². The third-order valence-corrected chi connectivity index (χ3v) is 3.91. The van der Waals surface area contributed by atoms with Crippen molar-refractivity contribution >= 4 is 33.2 Å². The number of nitrogens with one attached hydrogen (secondary N) is 1. The van der Waals surface area contributed by atoms with Crippen LogP contribution in [0.2, 0.25) is 5.02 Å². The summed E-state index contributed by atoms with van der Waals surface area (Å²) in [5.74, 6) is 0. The first kappa shape index (κ1) is 14.4. The Labute approximate surface area is 127 Å². The fourth-order valence-corrected chi connectivity index (χ4v) is 2.71. The average Bonchev–Trinajstić information content (AvgIpc) is 2.72. The molecule has 0 fully saturated rings. The fraction of sp³-hybridized carbons (Fsp3) is 0.357. The second-order valence-corrected chi connectivity index (χ2v) is 5.53. The van der Waals surface area contributed by atoms with Gasteiger partial charge in [-0.05, 0) is 31.5 Å². The van der Waals surface area contributed by atoms with Crippen molar-refractivity contribution in [1.82, 2.24) is 9.78 Å². The van der Waals surface area contributed by atoms with Crippen molar-refractivity contribution in [3.05, 3.63) is 45.1 Å².